The first-order valence-corrected chi connectivity index (χ1v) is 5.04. The second-order valence-corrected chi connectivity index (χ2v) is 4.98. The second kappa shape index (κ2) is 5.00. The lowest BCUT2D eigenvalue weighted by Gasteiger charge is -2.22. The van der Waals surface area contributed by atoms with Crippen molar-refractivity contribution < 1.29 is 4.79 Å². The lowest BCUT2D eigenvalue weighted by Crippen LogP contribution is -2.46. The van der Waals surface area contributed by atoms with Crippen molar-refractivity contribution in [3.8, 4) is 0 Å². The van der Waals surface area contributed by atoms with Crippen LogP contribution >= 0.6 is 0 Å². The van der Waals surface area contributed by atoms with Crippen LogP contribution in [0, 0.1) is 5.92 Å². The third kappa shape index (κ3) is 5.93. The molecule has 0 saturated heterocycles. The van der Waals surface area contributed by atoms with Crippen LogP contribution < -0.4 is 16.8 Å². The molecule has 5 N–H and O–H groups in total. The SMILES string of the molecule is CC(C)C(N=C(N)NC(C)(C)C)C(N)=O. The Morgan fingerprint density at radius 1 is 1.27 bits per heavy atom. The molecule has 0 saturated carbocycles. The molecule has 15 heavy (non-hydrogen) atoms. The molecule has 1 unspecified atom stereocenters. The quantitative estimate of drug-likeness (QED) is 0.462. The van der Waals surface area contributed by atoms with E-state index in [9.17, 15) is 4.79 Å². The van der Waals surface area contributed by atoms with E-state index in [0.29, 0.717) is 0 Å². The molecule has 0 radical (unpaired) electrons. The Bertz CT molecular complexity index is 253. The maximum absolute atomic E-state index is 11.1. The Hall–Kier alpha value is -1.26. The van der Waals surface area contributed by atoms with Crippen molar-refractivity contribution in [1.29, 1.82) is 0 Å². The Morgan fingerprint density at radius 2 is 1.73 bits per heavy atom. The standard InChI is InChI=1S/C10H22N4O/c1-6(2)7(8(11)15)13-9(12)14-10(3,4)5/h6-7H,1-5H3,(H2,11,15)(H3,12,13,14). The van der Waals surface area contributed by atoms with Gasteiger partial charge in [-0.05, 0) is 26.7 Å². The summed E-state index contributed by atoms with van der Waals surface area (Å²) in [6.45, 7) is 9.64. The molecule has 0 aromatic rings. The lowest BCUT2D eigenvalue weighted by atomic mass is 10.1. The molecule has 1 amide bonds. The van der Waals surface area contributed by atoms with E-state index < -0.39 is 11.9 Å². The highest BCUT2D eigenvalue weighted by Gasteiger charge is 2.19. The number of nitrogens with two attached hydrogens (primary N) is 2. The van der Waals surface area contributed by atoms with Crippen LogP contribution in [0.25, 0.3) is 0 Å². The zero-order valence-corrected chi connectivity index (χ0v) is 10.2. The van der Waals surface area contributed by atoms with Crippen LogP contribution in [0.2, 0.25) is 0 Å². The number of nitrogens with zero attached hydrogens (tertiary/aromatic N) is 1. The number of aliphatic imine (C=N–C) groups is 1. The molecule has 0 fully saturated rings. The number of guanidine groups is 1. The van der Waals surface area contributed by atoms with Gasteiger partial charge in [-0.25, -0.2) is 4.99 Å². The molecule has 0 rings (SSSR count). The van der Waals surface area contributed by atoms with Gasteiger partial charge in [-0.15, -0.1) is 0 Å². The summed E-state index contributed by atoms with van der Waals surface area (Å²) in [5.41, 5.74) is 10.7. The Kier molecular flexibility index (Phi) is 4.58. The van der Waals surface area contributed by atoms with Crippen molar-refractivity contribution in [3.63, 3.8) is 0 Å². The van der Waals surface area contributed by atoms with Crippen molar-refractivity contribution >= 4 is 11.9 Å². The predicted molar refractivity (Wildman–Crippen MR) is 62.3 cm³/mol. The third-order valence-electron chi connectivity index (χ3n) is 1.70. The summed E-state index contributed by atoms with van der Waals surface area (Å²) in [4.78, 5) is 15.1. The summed E-state index contributed by atoms with van der Waals surface area (Å²) in [5, 5.41) is 2.98. The van der Waals surface area contributed by atoms with Crippen molar-refractivity contribution in [1.82, 2.24) is 5.32 Å². The molecular formula is C10H22N4O. The Labute approximate surface area is 91.3 Å². The molecular weight excluding hydrogens is 192 g/mol. The zero-order chi connectivity index (χ0) is 12.2. The molecule has 0 heterocycles. The van der Waals surface area contributed by atoms with Crippen LogP contribution in [0.5, 0.6) is 0 Å². The molecule has 0 aliphatic carbocycles. The summed E-state index contributed by atoms with van der Waals surface area (Å²) >= 11 is 0. The van der Waals surface area contributed by atoms with Gasteiger partial charge >= 0.3 is 0 Å². The van der Waals surface area contributed by atoms with Gasteiger partial charge in [0.05, 0.1) is 0 Å². The fourth-order valence-electron chi connectivity index (χ4n) is 1.11. The van der Waals surface area contributed by atoms with Crippen molar-refractivity contribution in [2.75, 3.05) is 0 Å². The minimum absolute atomic E-state index is 0.0443. The number of primary amides is 1. The number of hydrogen-bond donors (Lipinski definition) is 3. The van der Waals surface area contributed by atoms with Crippen molar-refractivity contribution in [2.24, 2.45) is 22.4 Å². The molecule has 0 bridgehead atoms. The highest BCUT2D eigenvalue weighted by Crippen LogP contribution is 2.06. The molecule has 0 aromatic carbocycles. The van der Waals surface area contributed by atoms with Crippen LogP contribution in [-0.2, 0) is 4.79 Å². The summed E-state index contributed by atoms with van der Waals surface area (Å²) in [6, 6.07) is -0.570. The summed E-state index contributed by atoms with van der Waals surface area (Å²) in [7, 11) is 0. The fourth-order valence-corrected chi connectivity index (χ4v) is 1.11. The smallest absolute Gasteiger partial charge is 0.242 e. The van der Waals surface area contributed by atoms with Gasteiger partial charge in [0.15, 0.2) is 5.96 Å². The van der Waals surface area contributed by atoms with Crippen LogP contribution in [0.15, 0.2) is 4.99 Å². The normalized spacial score (nSPS) is 15.2. The average molecular weight is 214 g/mol. The second-order valence-electron chi connectivity index (χ2n) is 4.98. The third-order valence-corrected chi connectivity index (χ3v) is 1.70. The Morgan fingerprint density at radius 3 is 2.00 bits per heavy atom. The first-order valence-electron chi connectivity index (χ1n) is 5.04. The van der Waals surface area contributed by atoms with Crippen LogP contribution in [0.3, 0.4) is 0 Å². The molecule has 0 aliphatic rings. The van der Waals surface area contributed by atoms with E-state index in [-0.39, 0.29) is 17.4 Å². The minimum atomic E-state index is -0.570. The van der Waals surface area contributed by atoms with Gasteiger partial charge in [-0.2, -0.15) is 0 Å². The van der Waals surface area contributed by atoms with Gasteiger partial charge in [0.25, 0.3) is 0 Å². The number of carbonyl (C=O) groups is 1. The number of nitrogens with one attached hydrogen (secondary N) is 1. The van der Waals surface area contributed by atoms with Crippen LogP contribution in [-0.4, -0.2) is 23.4 Å². The number of rotatable bonds is 3. The van der Waals surface area contributed by atoms with E-state index in [1.54, 1.807) is 0 Å². The largest absolute Gasteiger partial charge is 0.370 e. The maximum Gasteiger partial charge on any atom is 0.242 e. The summed E-state index contributed by atoms with van der Waals surface area (Å²) in [5.74, 6) is -0.161. The van der Waals surface area contributed by atoms with Gasteiger partial charge in [0, 0.05) is 5.54 Å². The van der Waals surface area contributed by atoms with E-state index in [0.717, 1.165) is 0 Å². The van der Waals surface area contributed by atoms with Crippen molar-refractivity contribution in [2.45, 2.75) is 46.2 Å². The highest BCUT2D eigenvalue weighted by atomic mass is 16.1. The van der Waals surface area contributed by atoms with E-state index in [1.165, 1.54) is 0 Å². The average Bonchev–Trinajstić information content (AvgIpc) is 1.95. The molecule has 1 atom stereocenters. The van der Waals surface area contributed by atoms with Gasteiger partial charge < -0.3 is 16.8 Å². The predicted octanol–water partition coefficient (Wildman–Crippen LogP) is 0.199. The van der Waals surface area contributed by atoms with Gasteiger partial charge in [0.1, 0.15) is 6.04 Å². The number of amides is 1. The fraction of sp³-hybridized carbons (Fsp3) is 0.800. The van der Waals surface area contributed by atoms with Crippen molar-refractivity contribution in [3.05, 3.63) is 0 Å². The topological polar surface area (TPSA) is 93.5 Å². The maximum atomic E-state index is 11.1. The van der Waals surface area contributed by atoms with E-state index in [4.69, 9.17) is 11.5 Å². The molecule has 5 heteroatoms. The van der Waals surface area contributed by atoms with Gasteiger partial charge in [-0.1, -0.05) is 13.8 Å². The molecule has 0 spiro atoms. The molecule has 0 aliphatic heterocycles. The first kappa shape index (κ1) is 13.7. The van der Waals surface area contributed by atoms with Crippen LogP contribution in [0.4, 0.5) is 0 Å². The molecule has 88 valence electrons. The summed E-state index contributed by atoms with van der Waals surface area (Å²) < 4.78 is 0. The lowest BCUT2D eigenvalue weighted by molar-refractivity contribution is -0.120. The zero-order valence-electron chi connectivity index (χ0n) is 10.2. The molecule has 0 aromatic heterocycles. The van der Waals surface area contributed by atoms with Gasteiger partial charge in [-0.3, -0.25) is 4.79 Å². The first-order chi connectivity index (χ1) is 6.63. The van der Waals surface area contributed by atoms with Crippen LogP contribution in [0.1, 0.15) is 34.6 Å². The summed E-state index contributed by atoms with van der Waals surface area (Å²) in [6.07, 6.45) is 0. The molecule has 5 nitrogen and oxygen atoms in total. The van der Waals surface area contributed by atoms with E-state index in [1.807, 2.05) is 34.6 Å². The monoisotopic (exact) mass is 214 g/mol. The highest BCUT2D eigenvalue weighted by molar-refractivity contribution is 5.86. The number of hydrogen-bond acceptors (Lipinski definition) is 2. The minimum Gasteiger partial charge on any atom is -0.370 e. The van der Waals surface area contributed by atoms with E-state index >= 15 is 0 Å². The van der Waals surface area contributed by atoms with E-state index in [2.05, 4.69) is 10.3 Å². The van der Waals surface area contributed by atoms with Gasteiger partial charge in [0.2, 0.25) is 5.91 Å². The Balaban J connectivity index is 4.62. The number of carbonyl (C=O) groups excluding carboxylic acids is 1.